The van der Waals surface area contributed by atoms with Crippen molar-refractivity contribution in [2.24, 2.45) is 11.7 Å². The molecule has 0 bridgehead atoms. The molecular weight excluding hydrogens is 238 g/mol. The van der Waals surface area contributed by atoms with Gasteiger partial charge in [0, 0.05) is 18.4 Å². The van der Waals surface area contributed by atoms with Crippen molar-refractivity contribution in [3.63, 3.8) is 0 Å². The Labute approximate surface area is 115 Å². The molecule has 4 nitrogen and oxygen atoms in total. The Kier molecular flexibility index (Phi) is 6.93. The summed E-state index contributed by atoms with van der Waals surface area (Å²) in [7, 11) is 0. The number of rotatable bonds is 9. The second-order valence-corrected chi connectivity index (χ2v) is 5.32. The highest BCUT2D eigenvalue weighted by Gasteiger charge is 2.02. The number of aromatic nitrogens is 1. The van der Waals surface area contributed by atoms with E-state index in [1.54, 1.807) is 12.3 Å². The molecule has 0 unspecified atom stereocenters. The number of carbonyl (C=O) groups excluding carboxylic acids is 1. The van der Waals surface area contributed by atoms with Gasteiger partial charge in [0.25, 0.3) is 5.91 Å². The molecule has 1 aromatic heterocycles. The lowest BCUT2D eigenvalue weighted by molar-refractivity contribution is 0.0995. The summed E-state index contributed by atoms with van der Waals surface area (Å²) >= 11 is 0. The van der Waals surface area contributed by atoms with Crippen LogP contribution in [-0.4, -0.2) is 17.4 Å². The van der Waals surface area contributed by atoms with Crippen LogP contribution in [-0.2, 0) is 0 Å². The van der Waals surface area contributed by atoms with Gasteiger partial charge in [-0.15, -0.1) is 0 Å². The average Bonchev–Trinajstić information content (AvgIpc) is 2.37. The number of pyridine rings is 1. The number of hydrogen-bond donors (Lipinski definition) is 2. The SMILES string of the molecule is CC(C)CCCCCCNc1ccnc(C(N)=O)c1. The maximum absolute atomic E-state index is 11.0. The van der Waals surface area contributed by atoms with Crippen LogP contribution in [0.1, 0.15) is 56.4 Å². The van der Waals surface area contributed by atoms with Crippen molar-refractivity contribution in [2.75, 3.05) is 11.9 Å². The minimum atomic E-state index is -0.489. The van der Waals surface area contributed by atoms with Crippen LogP contribution < -0.4 is 11.1 Å². The lowest BCUT2D eigenvalue weighted by Crippen LogP contribution is -2.13. The van der Waals surface area contributed by atoms with Gasteiger partial charge in [0.1, 0.15) is 5.69 Å². The molecule has 0 aromatic carbocycles. The fourth-order valence-corrected chi connectivity index (χ4v) is 1.94. The molecule has 19 heavy (non-hydrogen) atoms. The molecule has 1 heterocycles. The van der Waals surface area contributed by atoms with Crippen LogP contribution in [0.3, 0.4) is 0 Å². The van der Waals surface area contributed by atoms with Gasteiger partial charge < -0.3 is 11.1 Å². The normalized spacial score (nSPS) is 10.7. The van der Waals surface area contributed by atoms with Gasteiger partial charge in [-0.25, -0.2) is 0 Å². The first-order valence-electron chi connectivity index (χ1n) is 7.09. The fourth-order valence-electron chi connectivity index (χ4n) is 1.94. The third kappa shape index (κ3) is 6.79. The van der Waals surface area contributed by atoms with Gasteiger partial charge in [-0.1, -0.05) is 39.5 Å². The first-order valence-corrected chi connectivity index (χ1v) is 7.09. The van der Waals surface area contributed by atoms with Crippen LogP contribution in [0.4, 0.5) is 5.69 Å². The van der Waals surface area contributed by atoms with Gasteiger partial charge >= 0.3 is 0 Å². The Balaban J connectivity index is 2.15. The highest BCUT2D eigenvalue weighted by molar-refractivity contribution is 5.91. The number of carbonyl (C=O) groups is 1. The molecule has 0 aliphatic carbocycles. The summed E-state index contributed by atoms with van der Waals surface area (Å²) in [6.07, 6.45) is 7.92. The quantitative estimate of drug-likeness (QED) is 0.672. The van der Waals surface area contributed by atoms with Crippen molar-refractivity contribution in [2.45, 2.75) is 46.0 Å². The predicted octanol–water partition coefficient (Wildman–Crippen LogP) is 3.20. The van der Waals surface area contributed by atoms with E-state index in [-0.39, 0.29) is 0 Å². The minimum absolute atomic E-state index is 0.307. The predicted molar refractivity (Wildman–Crippen MR) is 79.2 cm³/mol. The number of nitrogens with two attached hydrogens (primary N) is 1. The Hall–Kier alpha value is -1.58. The fraction of sp³-hybridized carbons (Fsp3) is 0.600. The Morgan fingerprint density at radius 3 is 2.74 bits per heavy atom. The summed E-state index contributed by atoms with van der Waals surface area (Å²) in [6, 6.07) is 3.55. The van der Waals surface area contributed by atoms with Crippen LogP contribution in [0.15, 0.2) is 18.3 Å². The van der Waals surface area contributed by atoms with Crippen LogP contribution in [0.25, 0.3) is 0 Å². The standard InChI is InChI=1S/C15H25N3O/c1-12(2)7-5-3-4-6-9-17-13-8-10-18-14(11-13)15(16)19/h8,10-12H,3-7,9H2,1-2H3,(H2,16,19)(H,17,18). The van der Waals surface area contributed by atoms with Crippen molar-refractivity contribution in [1.29, 1.82) is 0 Å². The number of nitrogens with zero attached hydrogens (tertiary/aromatic N) is 1. The van der Waals surface area contributed by atoms with Gasteiger partial charge in [0.05, 0.1) is 0 Å². The lowest BCUT2D eigenvalue weighted by Gasteiger charge is -2.07. The van der Waals surface area contributed by atoms with E-state index < -0.39 is 5.91 Å². The van der Waals surface area contributed by atoms with E-state index in [0.717, 1.165) is 24.6 Å². The number of unbranched alkanes of at least 4 members (excludes halogenated alkanes) is 3. The molecular formula is C15H25N3O. The second kappa shape index (κ2) is 8.51. The highest BCUT2D eigenvalue weighted by Crippen LogP contribution is 2.11. The summed E-state index contributed by atoms with van der Waals surface area (Å²) in [5, 5.41) is 3.29. The molecule has 1 rings (SSSR count). The van der Waals surface area contributed by atoms with Crippen LogP contribution in [0.5, 0.6) is 0 Å². The maximum Gasteiger partial charge on any atom is 0.267 e. The molecule has 4 heteroatoms. The summed E-state index contributed by atoms with van der Waals surface area (Å²) in [4.78, 5) is 14.9. The minimum Gasteiger partial charge on any atom is -0.385 e. The van der Waals surface area contributed by atoms with Gasteiger partial charge in [0.15, 0.2) is 0 Å². The zero-order valence-corrected chi connectivity index (χ0v) is 12.0. The number of anilines is 1. The first kappa shape index (κ1) is 15.5. The average molecular weight is 263 g/mol. The molecule has 3 N–H and O–H groups in total. The van der Waals surface area contributed by atoms with Gasteiger partial charge in [-0.05, 0) is 24.5 Å². The van der Waals surface area contributed by atoms with E-state index >= 15 is 0 Å². The Morgan fingerprint density at radius 1 is 1.32 bits per heavy atom. The van der Waals surface area contributed by atoms with Crippen molar-refractivity contribution in [1.82, 2.24) is 4.98 Å². The van der Waals surface area contributed by atoms with Gasteiger partial charge in [-0.3, -0.25) is 9.78 Å². The van der Waals surface area contributed by atoms with Crippen LogP contribution >= 0.6 is 0 Å². The van der Waals surface area contributed by atoms with Crippen LogP contribution in [0, 0.1) is 5.92 Å². The van der Waals surface area contributed by atoms with Gasteiger partial charge in [0.2, 0.25) is 0 Å². The van der Waals surface area contributed by atoms with Crippen molar-refractivity contribution in [3.05, 3.63) is 24.0 Å². The van der Waals surface area contributed by atoms with E-state index in [1.807, 2.05) is 6.07 Å². The zero-order valence-electron chi connectivity index (χ0n) is 12.0. The summed E-state index contributed by atoms with van der Waals surface area (Å²) in [6.45, 7) is 5.45. The molecule has 0 atom stereocenters. The van der Waals surface area contributed by atoms with Gasteiger partial charge in [-0.2, -0.15) is 0 Å². The van der Waals surface area contributed by atoms with E-state index in [2.05, 4.69) is 24.1 Å². The number of primary amides is 1. The van der Waals surface area contributed by atoms with Crippen molar-refractivity contribution < 1.29 is 4.79 Å². The number of nitrogens with one attached hydrogen (secondary N) is 1. The highest BCUT2D eigenvalue weighted by atomic mass is 16.1. The van der Waals surface area contributed by atoms with Crippen molar-refractivity contribution >= 4 is 11.6 Å². The molecule has 0 aliphatic heterocycles. The monoisotopic (exact) mass is 263 g/mol. The zero-order chi connectivity index (χ0) is 14.1. The third-order valence-electron chi connectivity index (χ3n) is 3.05. The van der Waals surface area contributed by atoms with E-state index in [4.69, 9.17) is 5.73 Å². The molecule has 0 saturated heterocycles. The van der Waals surface area contributed by atoms with Crippen LogP contribution in [0.2, 0.25) is 0 Å². The van der Waals surface area contributed by atoms with E-state index in [0.29, 0.717) is 5.69 Å². The van der Waals surface area contributed by atoms with Crippen molar-refractivity contribution in [3.8, 4) is 0 Å². The largest absolute Gasteiger partial charge is 0.385 e. The Bertz CT molecular complexity index is 391. The first-order chi connectivity index (χ1) is 9.09. The Morgan fingerprint density at radius 2 is 2.05 bits per heavy atom. The maximum atomic E-state index is 11.0. The molecule has 106 valence electrons. The number of amides is 1. The summed E-state index contributed by atoms with van der Waals surface area (Å²) in [5.41, 5.74) is 6.40. The molecule has 1 aromatic rings. The summed E-state index contributed by atoms with van der Waals surface area (Å²) in [5.74, 6) is 0.319. The summed E-state index contributed by atoms with van der Waals surface area (Å²) < 4.78 is 0. The molecule has 0 saturated carbocycles. The smallest absolute Gasteiger partial charge is 0.267 e. The lowest BCUT2D eigenvalue weighted by atomic mass is 10.0. The molecule has 1 amide bonds. The molecule has 0 radical (unpaired) electrons. The third-order valence-corrected chi connectivity index (χ3v) is 3.05. The number of hydrogen-bond acceptors (Lipinski definition) is 3. The second-order valence-electron chi connectivity index (χ2n) is 5.32. The van der Waals surface area contributed by atoms with E-state index in [1.165, 1.54) is 25.7 Å². The topological polar surface area (TPSA) is 68.0 Å². The molecule has 0 fully saturated rings. The van der Waals surface area contributed by atoms with E-state index in [9.17, 15) is 4.79 Å². The molecule has 0 aliphatic rings. The molecule has 0 spiro atoms.